The molecule has 1 heterocycles. The number of carboxylic acids is 1. The van der Waals surface area contributed by atoms with E-state index < -0.39 is 21.9 Å². The predicted octanol–water partition coefficient (Wildman–Crippen LogP) is 0.539. The second-order valence-corrected chi connectivity index (χ2v) is 6.36. The van der Waals surface area contributed by atoms with Crippen molar-refractivity contribution < 1.29 is 23.1 Å². The van der Waals surface area contributed by atoms with E-state index in [9.17, 15) is 13.2 Å². The largest absolute Gasteiger partial charge is 0.491 e. The standard InChI is InChI=1S/C12H15NO5S/c1-7-3-8-5-9(12(14)15)6-18-11(8)10(4-7)19(16,17)13-2/h3-4,9,13H,5-6H2,1-2H3,(H,14,15). The molecule has 0 saturated carbocycles. The van der Waals surface area contributed by atoms with Crippen LogP contribution in [0.1, 0.15) is 11.1 Å². The average molecular weight is 285 g/mol. The first kappa shape index (κ1) is 13.8. The van der Waals surface area contributed by atoms with Gasteiger partial charge in [-0.2, -0.15) is 0 Å². The summed E-state index contributed by atoms with van der Waals surface area (Å²) in [5.74, 6) is -1.32. The van der Waals surface area contributed by atoms with Crippen molar-refractivity contribution in [3.63, 3.8) is 0 Å². The highest BCUT2D eigenvalue weighted by molar-refractivity contribution is 7.89. The molecule has 1 aliphatic rings. The fourth-order valence-electron chi connectivity index (χ4n) is 2.10. The van der Waals surface area contributed by atoms with Crippen LogP contribution in [-0.2, 0) is 21.2 Å². The van der Waals surface area contributed by atoms with Gasteiger partial charge in [0.1, 0.15) is 17.3 Å². The average Bonchev–Trinajstić information content (AvgIpc) is 2.36. The first-order chi connectivity index (χ1) is 8.85. The summed E-state index contributed by atoms with van der Waals surface area (Å²) in [5, 5.41) is 9.00. The zero-order chi connectivity index (χ0) is 14.2. The number of hydrogen-bond acceptors (Lipinski definition) is 4. The Morgan fingerprint density at radius 3 is 2.74 bits per heavy atom. The third-order valence-electron chi connectivity index (χ3n) is 3.08. The summed E-state index contributed by atoms with van der Waals surface area (Å²) < 4.78 is 31.5. The van der Waals surface area contributed by atoms with Gasteiger partial charge in [-0.1, -0.05) is 6.07 Å². The van der Waals surface area contributed by atoms with E-state index in [0.29, 0.717) is 5.56 Å². The van der Waals surface area contributed by atoms with Crippen molar-refractivity contribution in [3.8, 4) is 5.75 Å². The molecule has 1 aliphatic heterocycles. The molecular weight excluding hydrogens is 270 g/mol. The molecule has 0 amide bonds. The van der Waals surface area contributed by atoms with Gasteiger partial charge in [0.15, 0.2) is 0 Å². The molecule has 0 aromatic heterocycles. The molecule has 19 heavy (non-hydrogen) atoms. The Morgan fingerprint density at radius 1 is 1.47 bits per heavy atom. The summed E-state index contributed by atoms with van der Waals surface area (Å²) in [5.41, 5.74) is 1.37. The topological polar surface area (TPSA) is 92.7 Å². The van der Waals surface area contributed by atoms with Crippen LogP contribution in [0.15, 0.2) is 17.0 Å². The minimum atomic E-state index is -3.62. The smallest absolute Gasteiger partial charge is 0.310 e. The van der Waals surface area contributed by atoms with Crippen LogP contribution < -0.4 is 9.46 Å². The number of sulfonamides is 1. The summed E-state index contributed by atoms with van der Waals surface area (Å²) in [7, 11) is -2.30. The summed E-state index contributed by atoms with van der Waals surface area (Å²) >= 11 is 0. The van der Waals surface area contributed by atoms with Crippen LogP contribution in [0.5, 0.6) is 5.75 Å². The molecule has 6 nitrogen and oxygen atoms in total. The molecule has 0 radical (unpaired) electrons. The van der Waals surface area contributed by atoms with Crippen molar-refractivity contribution in [3.05, 3.63) is 23.3 Å². The number of benzene rings is 1. The van der Waals surface area contributed by atoms with E-state index >= 15 is 0 Å². The van der Waals surface area contributed by atoms with Gasteiger partial charge in [-0.05, 0) is 37.6 Å². The number of aliphatic carboxylic acids is 1. The predicted molar refractivity (Wildman–Crippen MR) is 67.7 cm³/mol. The van der Waals surface area contributed by atoms with Gasteiger partial charge in [0.05, 0.1) is 5.92 Å². The Morgan fingerprint density at radius 2 is 2.16 bits per heavy atom. The van der Waals surface area contributed by atoms with Crippen LogP contribution in [0.4, 0.5) is 0 Å². The Balaban J connectivity index is 2.54. The highest BCUT2D eigenvalue weighted by Gasteiger charge is 2.30. The lowest BCUT2D eigenvalue weighted by Gasteiger charge is -2.25. The Labute approximate surface area is 111 Å². The number of nitrogens with one attached hydrogen (secondary N) is 1. The van der Waals surface area contributed by atoms with Crippen LogP contribution in [0, 0.1) is 12.8 Å². The zero-order valence-corrected chi connectivity index (χ0v) is 11.5. The summed E-state index contributed by atoms with van der Waals surface area (Å²) in [6, 6.07) is 3.28. The van der Waals surface area contributed by atoms with Crippen LogP contribution in [0.2, 0.25) is 0 Å². The summed E-state index contributed by atoms with van der Waals surface area (Å²) in [6.07, 6.45) is 0.276. The van der Waals surface area contributed by atoms with E-state index in [-0.39, 0.29) is 23.7 Å². The molecule has 0 saturated heterocycles. The van der Waals surface area contributed by atoms with Gasteiger partial charge >= 0.3 is 5.97 Å². The van der Waals surface area contributed by atoms with E-state index in [0.717, 1.165) is 5.56 Å². The number of carboxylic acid groups (broad SMARTS) is 1. The zero-order valence-electron chi connectivity index (χ0n) is 10.6. The minimum absolute atomic E-state index is 0.0162. The lowest BCUT2D eigenvalue weighted by atomic mass is 9.95. The molecule has 2 rings (SSSR count). The van der Waals surface area contributed by atoms with Crippen molar-refractivity contribution in [2.45, 2.75) is 18.2 Å². The van der Waals surface area contributed by atoms with Crippen LogP contribution >= 0.6 is 0 Å². The van der Waals surface area contributed by atoms with E-state index in [4.69, 9.17) is 9.84 Å². The third-order valence-corrected chi connectivity index (χ3v) is 4.50. The lowest BCUT2D eigenvalue weighted by Crippen LogP contribution is -2.30. The maximum absolute atomic E-state index is 11.9. The molecule has 7 heteroatoms. The third kappa shape index (κ3) is 2.57. The monoisotopic (exact) mass is 285 g/mol. The second kappa shape index (κ2) is 4.82. The molecular formula is C12H15NO5S. The van der Waals surface area contributed by atoms with Crippen molar-refractivity contribution in [1.29, 1.82) is 0 Å². The first-order valence-electron chi connectivity index (χ1n) is 5.78. The molecule has 1 aromatic rings. The molecule has 1 unspecified atom stereocenters. The van der Waals surface area contributed by atoms with Crippen molar-refractivity contribution >= 4 is 16.0 Å². The molecule has 1 atom stereocenters. The van der Waals surface area contributed by atoms with Crippen molar-refractivity contribution in [2.75, 3.05) is 13.7 Å². The Bertz CT molecular complexity index is 623. The fourth-order valence-corrected chi connectivity index (χ4v) is 3.10. The van der Waals surface area contributed by atoms with E-state index in [1.165, 1.54) is 13.1 Å². The summed E-state index contributed by atoms with van der Waals surface area (Å²) in [6.45, 7) is 1.75. The molecule has 104 valence electrons. The molecule has 0 spiro atoms. The highest BCUT2D eigenvalue weighted by Crippen LogP contribution is 2.34. The van der Waals surface area contributed by atoms with Gasteiger partial charge in [-0.15, -0.1) is 0 Å². The Hall–Kier alpha value is -1.60. The van der Waals surface area contributed by atoms with Gasteiger partial charge < -0.3 is 9.84 Å². The fraction of sp³-hybridized carbons (Fsp3) is 0.417. The van der Waals surface area contributed by atoms with Gasteiger partial charge in [0.2, 0.25) is 10.0 Å². The first-order valence-corrected chi connectivity index (χ1v) is 7.26. The maximum Gasteiger partial charge on any atom is 0.310 e. The number of carbonyl (C=O) groups is 1. The SMILES string of the molecule is CNS(=O)(=O)c1cc(C)cc2c1OCC(C(=O)O)C2. The number of rotatable bonds is 3. The van der Waals surface area contributed by atoms with Gasteiger partial charge in [-0.3, -0.25) is 4.79 Å². The van der Waals surface area contributed by atoms with Crippen LogP contribution in [0.3, 0.4) is 0 Å². The molecule has 0 bridgehead atoms. The summed E-state index contributed by atoms with van der Waals surface area (Å²) in [4.78, 5) is 11.0. The van der Waals surface area contributed by atoms with Crippen molar-refractivity contribution in [2.24, 2.45) is 5.92 Å². The van der Waals surface area contributed by atoms with Gasteiger partial charge in [-0.25, -0.2) is 13.1 Å². The van der Waals surface area contributed by atoms with Crippen molar-refractivity contribution in [1.82, 2.24) is 4.72 Å². The molecule has 2 N–H and O–H groups in total. The normalized spacial score (nSPS) is 18.5. The number of ether oxygens (including phenoxy) is 1. The van der Waals surface area contributed by atoms with Gasteiger partial charge in [0.25, 0.3) is 0 Å². The highest BCUT2D eigenvalue weighted by atomic mass is 32.2. The minimum Gasteiger partial charge on any atom is -0.491 e. The maximum atomic E-state index is 11.9. The van der Waals surface area contributed by atoms with Crippen LogP contribution in [0.25, 0.3) is 0 Å². The Kier molecular flexibility index (Phi) is 3.51. The molecule has 0 fully saturated rings. The molecule has 1 aromatic carbocycles. The number of hydrogen-bond donors (Lipinski definition) is 2. The quantitative estimate of drug-likeness (QED) is 0.845. The molecule has 0 aliphatic carbocycles. The number of fused-ring (bicyclic) bond motifs is 1. The van der Waals surface area contributed by atoms with Gasteiger partial charge in [0, 0.05) is 0 Å². The van der Waals surface area contributed by atoms with Crippen LogP contribution in [-0.4, -0.2) is 33.1 Å². The van der Waals surface area contributed by atoms with E-state index in [2.05, 4.69) is 4.72 Å². The lowest BCUT2D eigenvalue weighted by molar-refractivity contribution is -0.143. The van der Waals surface area contributed by atoms with E-state index in [1.807, 2.05) is 0 Å². The number of aryl methyl sites for hydroxylation is 1. The second-order valence-electron chi connectivity index (χ2n) is 4.51. The van der Waals surface area contributed by atoms with E-state index in [1.54, 1.807) is 13.0 Å².